The van der Waals surface area contributed by atoms with Crippen LogP contribution in [0, 0.1) is 0 Å². The Morgan fingerprint density at radius 3 is 2.24 bits per heavy atom. The van der Waals surface area contributed by atoms with Gasteiger partial charge in [0.25, 0.3) is 11.8 Å². The second kappa shape index (κ2) is 5.13. The summed E-state index contributed by atoms with van der Waals surface area (Å²) in [7, 11) is 0. The van der Waals surface area contributed by atoms with Gasteiger partial charge in [-0.3, -0.25) is 14.4 Å². The van der Waals surface area contributed by atoms with Crippen LogP contribution in [0.4, 0.5) is 0 Å². The van der Waals surface area contributed by atoms with Crippen molar-refractivity contribution in [2.75, 3.05) is 6.54 Å². The van der Waals surface area contributed by atoms with Crippen LogP contribution in [0.15, 0.2) is 11.1 Å². The van der Waals surface area contributed by atoms with Crippen LogP contribution in [-0.4, -0.2) is 40.1 Å². The second-order valence-electron chi connectivity index (χ2n) is 7.12. The summed E-state index contributed by atoms with van der Waals surface area (Å²) in [5.74, 6) is -0.0389. The van der Waals surface area contributed by atoms with E-state index >= 15 is 0 Å². The van der Waals surface area contributed by atoms with Gasteiger partial charge in [-0.2, -0.15) is 5.06 Å². The third-order valence-electron chi connectivity index (χ3n) is 4.31. The molecule has 0 aromatic rings. The first-order valence-corrected chi connectivity index (χ1v) is 7.94. The van der Waals surface area contributed by atoms with Crippen LogP contribution in [0.3, 0.4) is 0 Å². The standard InChI is InChI=1S/C16H24N2O3/c1-16(2,3)21-18-13-9-6-10-17(13)14(19)11-7-4-5-8-12(11)15(18)20/h13H,4-10H2,1-3H3. The zero-order chi connectivity index (χ0) is 15.2. The summed E-state index contributed by atoms with van der Waals surface area (Å²) in [4.78, 5) is 33.4. The third-order valence-corrected chi connectivity index (χ3v) is 4.31. The van der Waals surface area contributed by atoms with Crippen LogP contribution >= 0.6 is 0 Å². The Morgan fingerprint density at radius 2 is 1.62 bits per heavy atom. The van der Waals surface area contributed by atoms with Crippen molar-refractivity contribution in [1.82, 2.24) is 9.96 Å². The summed E-state index contributed by atoms with van der Waals surface area (Å²) < 4.78 is 0. The lowest BCUT2D eigenvalue weighted by Gasteiger charge is -2.36. The number of carbonyl (C=O) groups excluding carboxylic acids is 2. The third kappa shape index (κ3) is 2.59. The van der Waals surface area contributed by atoms with E-state index in [0.717, 1.165) is 44.2 Å². The van der Waals surface area contributed by atoms with E-state index in [9.17, 15) is 9.59 Å². The summed E-state index contributed by atoms with van der Waals surface area (Å²) in [6, 6.07) is 0. The van der Waals surface area contributed by atoms with Gasteiger partial charge in [0.05, 0.1) is 5.60 Å². The number of fused-ring (bicyclic) bond motifs is 1. The number of hydrogen-bond donors (Lipinski definition) is 0. The molecule has 3 rings (SSSR count). The Balaban J connectivity index is 2.01. The van der Waals surface area contributed by atoms with Gasteiger partial charge >= 0.3 is 0 Å². The molecule has 1 atom stereocenters. The van der Waals surface area contributed by atoms with E-state index in [2.05, 4.69) is 0 Å². The minimum atomic E-state index is -0.452. The normalized spacial score (nSPS) is 26.9. The Kier molecular flexibility index (Phi) is 3.56. The topological polar surface area (TPSA) is 49.9 Å². The fraction of sp³-hybridized carbons (Fsp3) is 0.750. The summed E-state index contributed by atoms with van der Waals surface area (Å²) in [5, 5.41) is 1.48. The molecule has 21 heavy (non-hydrogen) atoms. The number of hydroxylamine groups is 2. The molecule has 3 aliphatic rings. The average molecular weight is 292 g/mol. The lowest BCUT2D eigenvalue weighted by molar-refractivity contribution is -0.252. The molecular weight excluding hydrogens is 268 g/mol. The summed E-state index contributed by atoms with van der Waals surface area (Å²) in [6.45, 7) is 6.52. The second-order valence-corrected chi connectivity index (χ2v) is 7.12. The number of hydrogen-bond acceptors (Lipinski definition) is 3. The predicted octanol–water partition coefficient (Wildman–Crippen LogP) is 2.38. The highest BCUT2D eigenvalue weighted by molar-refractivity contribution is 6.06. The molecular formula is C16H24N2O3. The fourth-order valence-corrected chi connectivity index (χ4v) is 3.45. The molecule has 2 aliphatic heterocycles. The van der Waals surface area contributed by atoms with Crippen LogP contribution in [0.1, 0.15) is 59.3 Å². The Bertz CT molecular complexity index is 504. The molecule has 0 radical (unpaired) electrons. The van der Waals surface area contributed by atoms with E-state index in [4.69, 9.17) is 4.84 Å². The first-order valence-electron chi connectivity index (χ1n) is 7.94. The van der Waals surface area contributed by atoms with Gasteiger partial charge in [-0.1, -0.05) is 0 Å². The van der Waals surface area contributed by atoms with Crippen molar-refractivity contribution in [1.29, 1.82) is 0 Å². The predicted molar refractivity (Wildman–Crippen MR) is 77.9 cm³/mol. The first-order chi connectivity index (χ1) is 9.88. The molecule has 0 spiro atoms. The molecule has 0 saturated carbocycles. The van der Waals surface area contributed by atoms with Gasteiger partial charge in [-0.25, -0.2) is 0 Å². The summed E-state index contributed by atoms with van der Waals surface area (Å²) >= 11 is 0. The van der Waals surface area contributed by atoms with Crippen LogP contribution < -0.4 is 0 Å². The van der Waals surface area contributed by atoms with Gasteiger partial charge in [0.2, 0.25) is 0 Å². The van der Waals surface area contributed by atoms with Crippen molar-refractivity contribution in [2.24, 2.45) is 0 Å². The van der Waals surface area contributed by atoms with E-state index < -0.39 is 5.60 Å². The lowest BCUT2D eigenvalue weighted by atomic mass is 9.90. The van der Waals surface area contributed by atoms with E-state index in [1.165, 1.54) is 5.06 Å². The molecule has 1 fully saturated rings. The first kappa shape index (κ1) is 14.6. The maximum absolute atomic E-state index is 12.9. The molecule has 1 saturated heterocycles. The summed E-state index contributed by atoms with van der Waals surface area (Å²) in [6.07, 6.45) is 4.89. The highest BCUT2D eigenvalue weighted by Crippen LogP contribution is 2.36. The van der Waals surface area contributed by atoms with Crippen molar-refractivity contribution in [2.45, 2.75) is 71.1 Å². The smallest absolute Gasteiger partial charge is 0.275 e. The van der Waals surface area contributed by atoms with Crippen molar-refractivity contribution in [3.8, 4) is 0 Å². The molecule has 0 N–H and O–H groups in total. The molecule has 0 bridgehead atoms. The Labute approximate surface area is 125 Å². The van der Waals surface area contributed by atoms with Crippen LogP contribution in [0.25, 0.3) is 0 Å². The number of nitrogens with zero attached hydrogens (tertiary/aromatic N) is 2. The SMILES string of the molecule is CC(C)(C)ON1C(=O)C2=C(CCCC2)C(=O)N2CCCC21. The molecule has 5 nitrogen and oxygen atoms in total. The highest BCUT2D eigenvalue weighted by atomic mass is 16.7. The van der Waals surface area contributed by atoms with Crippen LogP contribution in [-0.2, 0) is 14.4 Å². The zero-order valence-corrected chi connectivity index (χ0v) is 13.1. The van der Waals surface area contributed by atoms with E-state index in [-0.39, 0.29) is 18.0 Å². The van der Waals surface area contributed by atoms with E-state index in [0.29, 0.717) is 12.0 Å². The summed E-state index contributed by atoms with van der Waals surface area (Å²) in [5.41, 5.74) is 0.968. The molecule has 5 heteroatoms. The highest BCUT2D eigenvalue weighted by Gasteiger charge is 2.44. The molecule has 0 aromatic carbocycles. The van der Waals surface area contributed by atoms with Crippen LogP contribution in [0.5, 0.6) is 0 Å². The maximum Gasteiger partial charge on any atom is 0.275 e. The van der Waals surface area contributed by atoms with Gasteiger partial charge in [0.1, 0.15) is 6.17 Å². The van der Waals surface area contributed by atoms with E-state index in [1.807, 2.05) is 25.7 Å². The molecule has 2 heterocycles. The van der Waals surface area contributed by atoms with Gasteiger partial charge in [0.15, 0.2) is 0 Å². The largest absolute Gasteiger partial charge is 0.316 e. The Morgan fingerprint density at radius 1 is 1.00 bits per heavy atom. The molecule has 116 valence electrons. The molecule has 1 aliphatic carbocycles. The zero-order valence-electron chi connectivity index (χ0n) is 13.1. The van der Waals surface area contributed by atoms with E-state index in [1.54, 1.807) is 0 Å². The fourth-order valence-electron chi connectivity index (χ4n) is 3.45. The van der Waals surface area contributed by atoms with Crippen molar-refractivity contribution in [3.63, 3.8) is 0 Å². The minimum Gasteiger partial charge on any atom is -0.316 e. The average Bonchev–Trinajstić information content (AvgIpc) is 2.88. The molecule has 2 amide bonds. The van der Waals surface area contributed by atoms with Gasteiger partial charge < -0.3 is 4.90 Å². The lowest BCUT2D eigenvalue weighted by Crippen LogP contribution is -2.50. The maximum atomic E-state index is 12.9. The van der Waals surface area contributed by atoms with Crippen LogP contribution in [0.2, 0.25) is 0 Å². The number of carbonyl (C=O) groups is 2. The molecule has 0 aromatic heterocycles. The Hall–Kier alpha value is -1.36. The quantitative estimate of drug-likeness (QED) is 0.745. The number of amides is 2. The molecule has 1 unspecified atom stereocenters. The minimum absolute atomic E-state index is 0.0561. The van der Waals surface area contributed by atoms with Crippen molar-refractivity contribution >= 4 is 11.8 Å². The number of rotatable bonds is 1. The van der Waals surface area contributed by atoms with Gasteiger partial charge in [-0.15, -0.1) is 0 Å². The van der Waals surface area contributed by atoms with Crippen molar-refractivity contribution < 1.29 is 14.4 Å². The van der Waals surface area contributed by atoms with Gasteiger partial charge in [0, 0.05) is 17.7 Å². The van der Waals surface area contributed by atoms with Gasteiger partial charge in [-0.05, 0) is 59.3 Å². The monoisotopic (exact) mass is 292 g/mol. The van der Waals surface area contributed by atoms with Crippen molar-refractivity contribution in [3.05, 3.63) is 11.1 Å².